The highest BCUT2D eigenvalue weighted by molar-refractivity contribution is 9.10. The number of H-pyrrole nitrogens is 1. The molecule has 4 heterocycles. The van der Waals surface area contributed by atoms with Crippen LogP contribution in [-0.4, -0.2) is 49.8 Å². The lowest BCUT2D eigenvalue weighted by molar-refractivity contribution is 0.0230. The fourth-order valence-electron chi connectivity index (χ4n) is 3.83. The normalized spacial score (nSPS) is 28.2. The molecule has 2 aromatic rings. The number of nitrogens with one attached hydrogen (secondary N) is 1. The molecule has 2 aromatic heterocycles. The first kappa shape index (κ1) is 20.8. The SMILES string of the molecule is CC(C)(C)[Si](C)(C)O[C@@H]1CO[C@@H]2C(Cc3cc4nc(Br)c(Cl)cc4[nH]3)CO[C@@H]21. The average molecular weight is 488 g/mol. The fraction of sp³-hybridized carbons (Fsp3) is 0.650. The van der Waals surface area contributed by atoms with Crippen molar-refractivity contribution in [2.75, 3.05) is 13.2 Å². The van der Waals surface area contributed by atoms with E-state index >= 15 is 0 Å². The number of fused-ring (bicyclic) bond motifs is 2. The molecule has 154 valence electrons. The Morgan fingerprint density at radius 3 is 2.68 bits per heavy atom. The van der Waals surface area contributed by atoms with Crippen molar-refractivity contribution in [1.29, 1.82) is 0 Å². The summed E-state index contributed by atoms with van der Waals surface area (Å²) in [6.45, 7) is 12.7. The molecule has 1 unspecified atom stereocenters. The Labute approximate surface area is 180 Å². The molecule has 2 aliphatic heterocycles. The molecule has 4 rings (SSSR count). The number of hydrogen-bond donors (Lipinski definition) is 1. The van der Waals surface area contributed by atoms with Crippen LogP contribution in [-0.2, 0) is 20.3 Å². The first-order chi connectivity index (χ1) is 13.0. The first-order valence-electron chi connectivity index (χ1n) is 9.80. The van der Waals surface area contributed by atoms with Gasteiger partial charge in [-0.25, -0.2) is 4.98 Å². The third kappa shape index (κ3) is 3.82. The van der Waals surface area contributed by atoms with Crippen molar-refractivity contribution >= 4 is 46.9 Å². The van der Waals surface area contributed by atoms with E-state index in [1.807, 2.05) is 6.07 Å². The Kier molecular flexibility index (Phi) is 5.47. The van der Waals surface area contributed by atoms with Crippen LogP contribution in [0, 0.1) is 5.92 Å². The van der Waals surface area contributed by atoms with Gasteiger partial charge in [0.15, 0.2) is 8.32 Å². The summed E-state index contributed by atoms with van der Waals surface area (Å²) in [5.74, 6) is 0.310. The van der Waals surface area contributed by atoms with E-state index in [1.54, 1.807) is 0 Å². The molecule has 1 N–H and O–H groups in total. The lowest BCUT2D eigenvalue weighted by atomic mass is 9.96. The second-order valence-electron chi connectivity index (χ2n) is 9.47. The van der Waals surface area contributed by atoms with Crippen LogP contribution in [0.15, 0.2) is 16.7 Å². The van der Waals surface area contributed by atoms with E-state index in [2.05, 4.69) is 65.8 Å². The molecule has 0 aromatic carbocycles. The maximum Gasteiger partial charge on any atom is 0.192 e. The highest BCUT2D eigenvalue weighted by Gasteiger charge is 2.51. The summed E-state index contributed by atoms with van der Waals surface area (Å²) in [4.78, 5) is 7.92. The zero-order chi connectivity index (χ0) is 20.3. The van der Waals surface area contributed by atoms with E-state index in [4.69, 9.17) is 25.5 Å². The number of halogens is 2. The number of ether oxygens (including phenoxy) is 2. The van der Waals surface area contributed by atoms with Gasteiger partial charge < -0.3 is 18.9 Å². The van der Waals surface area contributed by atoms with Gasteiger partial charge in [0.25, 0.3) is 0 Å². The average Bonchev–Trinajstić information content (AvgIpc) is 3.25. The maximum atomic E-state index is 6.60. The van der Waals surface area contributed by atoms with Crippen LogP contribution in [0.25, 0.3) is 11.0 Å². The fourth-order valence-corrected chi connectivity index (χ4v) is 5.60. The predicted molar refractivity (Wildman–Crippen MR) is 118 cm³/mol. The van der Waals surface area contributed by atoms with Crippen molar-refractivity contribution in [2.24, 2.45) is 5.92 Å². The number of aromatic amines is 1. The maximum absolute atomic E-state index is 6.60. The topological polar surface area (TPSA) is 56.4 Å². The van der Waals surface area contributed by atoms with Crippen molar-refractivity contribution < 1.29 is 13.9 Å². The lowest BCUT2D eigenvalue weighted by Gasteiger charge is -2.39. The summed E-state index contributed by atoms with van der Waals surface area (Å²) in [6.07, 6.45) is 1.02. The molecule has 0 amide bonds. The second-order valence-corrected chi connectivity index (χ2v) is 15.4. The molecule has 4 atom stereocenters. The zero-order valence-electron chi connectivity index (χ0n) is 17.0. The van der Waals surface area contributed by atoms with E-state index in [1.165, 1.54) is 0 Å². The van der Waals surface area contributed by atoms with Crippen LogP contribution >= 0.6 is 27.5 Å². The van der Waals surface area contributed by atoms with E-state index in [0.29, 0.717) is 28.8 Å². The minimum Gasteiger partial charge on any atom is -0.409 e. The molecule has 2 fully saturated rings. The van der Waals surface area contributed by atoms with Gasteiger partial charge in [-0.2, -0.15) is 0 Å². The molecule has 8 heteroatoms. The Bertz CT molecular complexity index is 843. The predicted octanol–water partition coefficient (Wildman–Crippen LogP) is 5.33. The molecule has 0 saturated carbocycles. The second kappa shape index (κ2) is 7.36. The van der Waals surface area contributed by atoms with E-state index < -0.39 is 8.32 Å². The van der Waals surface area contributed by atoms with Crippen molar-refractivity contribution in [2.45, 2.75) is 63.6 Å². The Morgan fingerprint density at radius 2 is 1.96 bits per heavy atom. The van der Waals surface area contributed by atoms with Gasteiger partial charge in [0.05, 0.1) is 41.5 Å². The summed E-state index contributed by atoms with van der Waals surface area (Å²) in [6, 6.07) is 3.99. The van der Waals surface area contributed by atoms with Crippen LogP contribution in [0.1, 0.15) is 26.5 Å². The molecule has 2 saturated heterocycles. The van der Waals surface area contributed by atoms with Gasteiger partial charge in [0.1, 0.15) is 10.7 Å². The quantitative estimate of drug-likeness (QED) is 0.468. The molecule has 0 aliphatic carbocycles. The minimum absolute atomic E-state index is 0.0326. The highest BCUT2D eigenvalue weighted by atomic mass is 79.9. The summed E-state index contributed by atoms with van der Waals surface area (Å²) in [5, 5.41) is 0.783. The van der Waals surface area contributed by atoms with E-state index in [0.717, 1.165) is 23.1 Å². The lowest BCUT2D eigenvalue weighted by Crippen LogP contribution is -2.47. The third-order valence-electron chi connectivity index (χ3n) is 6.41. The largest absolute Gasteiger partial charge is 0.409 e. The first-order valence-corrected chi connectivity index (χ1v) is 13.9. The molecule has 28 heavy (non-hydrogen) atoms. The summed E-state index contributed by atoms with van der Waals surface area (Å²) >= 11 is 9.55. The third-order valence-corrected chi connectivity index (χ3v) is 12.0. The molecule has 0 radical (unpaired) electrons. The van der Waals surface area contributed by atoms with Crippen molar-refractivity contribution in [1.82, 2.24) is 9.97 Å². The van der Waals surface area contributed by atoms with Gasteiger partial charge in [0.2, 0.25) is 0 Å². The van der Waals surface area contributed by atoms with Gasteiger partial charge in [-0.3, -0.25) is 0 Å². The number of aromatic nitrogens is 2. The van der Waals surface area contributed by atoms with Crippen LogP contribution in [0.2, 0.25) is 23.2 Å². The summed E-state index contributed by atoms with van der Waals surface area (Å²) in [5.41, 5.74) is 2.99. The Morgan fingerprint density at radius 1 is 1.25 bits per heavy atom. The van der Waals surface area contributed by atoms with Gasteiger partial charge in [-0.15, -0.1) is 0 Å². The van der Waals surface area contributed by atoms with Crippen LogP contribution in [0.4, 0.5) is 0 Å². The molecule has 2 aliphatic rings. The zero-order valence-corrected chi connectivity index (χ0v) is 20.4. The highest BCUT2D eigenvalue weighted by Crippen LogP contribution is 2.41. The van der Waals surface area contributed by atoms with E-state index in [-0.39, 0.29) is 23.4 Å². The van der Waals surface area contributed by atoms with Crippen molar-refractivity contribution in [3.63, 3.8) is 0 Å². The van der Waals surface area contributed by atoms with Gasteiger partial charge >= 0.3 is 0 Å². The molecule has 0 bridgehead atoms. The molecule has 0 spiro atoms. The van der Waals surface area contributed by atoms with Crippen molar-refractivity contribution in [3.8, 4) is 0 Å². The smallest absolute Gasteiger partial charge is 0.192 e. The van der Waals surface area contributed by atoms with E-state index in [9.17, 15) is 0 Å². The monoisotopic (exact) mass is 486 g/mol. The standard InChI is InChI=1S/C20H28BrClN2O3Si/c1-20(2,3)28(4,5)27-16-10-26-17-11(9-25-18(16)17)6-12-7-14-15(23-12)8-13(22)19(21)24-14/h7-8,11,16-18,23H,6,9-10H2,1-5H3/t11?,16-,17-,18-/m1/s1. The van der Waals surface area contributed by atoms with Crippen LogP contribution in [0.3, 0.4) is 0 Å². The molecular formula is C20H28BrClN2O3Si. The number of rotatable bonds is 4. The van der Waals surface area contributed by atoms with Crippen LogP contribution < -0.4 is 0 Å². The summed E-state index contributed by atoms with van der Waals surface area (Å²) in [7, 11) is -1.85. The number of pyridine rings is 1. The summed E-state index contributed by atoms with van der Waals surface area (Å²) < 4.78 is 19.6. The van der Waals surface area contributed by atoms with Crippen molar-refractivity contribution in [3.05, 3.63) is 27.5 Å². The number of hydrogen-bond acceptors (Lipinski definition) is 4. The van der Waals surface area contributed by atoms with Gasteiger partial charge in [-0.1, -0.05) is 32.4 Å². The van der Waals surface area contributed by atoms with Gasteiger partial charge in [-0.05, 0) is 52.6 Å². The molecular weight excluding hydrogens is 460 g/mol. The Hall–Kier alpha value is -0.443. The van der Waals surface area contributed by atoms with Crippen LogP contribution in [0.5, 0.6) is 0 Å². The number of nitrogens with zero attached hydrogens (tertiary/aromatic N) is 1. The minimum atomic E-state index is -1.85. The molecule has 5 nitrogen and oxygen atoms in total. The Balaban J connectivity index is 1.45. The van der Waals surface area contributed by atoms with Gasteiger partial charge in [0, 0.05) is 11.6 Å².